The van der Waals surface area contributed by atoms with Gasteiger partial charge in [0.15, 0.2) is 0 Å². The fraction of sp³-hybridized carbons (Fsp3) is 0.250. The van der Waals surface area contributed by atoms with E-state index < -0.39 is 37.8 Å². The summed E-state index contributed by atoms with van der Waals surface area (Å²) < 4.78 is 60.2. The van der Waals surface area contributed by atoms with E-state index in [4.69, 9.17) is 5.11 Å². The summed E-state index contributed by atoms with van der Waals surface area (Å²) in [7, 11) is -8.60. The number of carboxylic acid groups (broad SMARTS) is 1. The maximum atomic E-state index is 14.4. The van der Waals surface area contributed by atoms with Crippen LogP contribution in [-0.4, -0.2) is 60.0 Å². The highest BCUT2D eigenvalue weighted by Crippen LogP contribution is 2.32. The van der Waals surface area contributed by atoms with E-state index in [-0.39, 0.29) is 42.7 Å². The molecular formula is C28H28N2O8S2. The van der Waals surface area contributed by atoms with Crippen LogP contribution in [-0.2, 0) is 31.4 Å². The van der Waals surface area contributed by atoms with Crippen molar-refractivity contribution in [1.29, 1.82) is 0 Å². The summed E-state index contributed by atoms with van der Waals surface area (Å²) in [6.07, 6.45) is -0.218. The van der Waals surface area contributed by atoms with Crippen molar-refractivity contribution in [3.63, 3.8) is 0 Å². The molecule has 4 aromatic rings. The van der Waals surface area contributed by atoms with Crippen LogP contribution in [0.25, 0.3) is 21.8 Å². The van der Waals surface area contributed by atoms with E-state index in [0.717, 1.165) is 5.56 Å². The predicted molar refractivity (Wildman–Crippen MR) is 150 cm³/mol. The number of carbonyl (C=O) groups is 2. The molecule has 0 atom stereocenters. The summed E-state index contributed by atoms with van der Waals surface area (Å²) >= 11 is 0. The van der Waals surface area contributed by atoms with Gasteiger partial charge in [0.1, 0.15) is 0 Å². The second kappa shape index (κ2) is 11.7. The number of sulfonamides is 1. The van der Waals surface area contributed by atoms with Crippen molar-refractivity contribution >= 4 is 53.8 Å². The Morgan fingerprint density at radius 3 is 2.23 bits per heavy atom. The maximum absolute atomic E-state index is 14.4. The molecule has 1 amide bonds. The zero-order valence-electron chi connectivity index (χ0n) is 21.6. The SMILES string of the molecule is Cc1ccc(S(=O)(=O)N(CCCC(=O)O)C(=O)c2c3ccccc3nc3cccc(CCCS(=O)(=O)O)c23)cc1. The lowest BCUT2D eigenvalue weighted by molar-refractivity contribution is -0.137. The lowest BCUT2D eigenvalue weighted by Crippen LogP contribution is -2.38. The molecule has 0 aliphatic heterocycles. The van der Waals surface area contributed by atoms with Crippen LogP contribution in [0, 0.1) is 6.92 Å². The molecule has 0 aliphatic rings. The van der Waals surface area contributed by atoms with Gasteiger partial charge in [0.05, 0.1) is 27.2 Å². The van der Waals surface area contributed by atoms with E-state index in [1.54, 1.807) is 61.5 Å². The number of nitrogens with zero attached hydrogens (tertiary/aromatic N) is 2. The zero-order valence-corrected chi connectivity index (χ0v) is 23.3. The third kappa shape index (κ3) is 6.46. The highest BCUT2D eigenvalue weighted by atomic mass is 32.2. The van der Waals surface area contributed by atoms with E-state index in [1.165, 1.54) is 12.1 Å². The third-order valence-electron chi connectivity index (χ3n) is 6.44. The van der Waals surface area contributed by atoms with Gasteiger partial charge < -0.3 is 5.11 Å². The molecular weight excluding hydrogens is 556 g/mol. The van der Waals surface area contributed by atoms with Crippen molar-refractivity contribution in [3.05, 3.63) is 83.4 Å². The monoisotopic (exact) mass is 584 g/mol. The number of hydrogen-bond donors (Lipinski definition) is 2. The van der Waals surface area contributed by atoms with Crippen LogP contribution in [0.15, 0.2) is 71.6 Å². The van der Waals surface area contributed by atoms with Gasteiger partial charge in [-0.25, -0.2) is 17.7 Å². The number of hydrogen-bond acceptors (Lipinski definition) is 7. The number of para-hydroxylation sites is 1. The Kier molecular flexibility index (Phi) is 8.52. The summed E-state index contributed by atoms with van der Waals surface area (Å²) in [5.74, 6) is -2.46. The molecule has 10 nitrogen and oxygen atoms in total. The van der Waals surface area contributed by atoms with Gasteiger partial charge in [-0.1, -0.05) is 48.0 Å². The number of fused-ring (bicyclic) bond motifs is 2. The number of amides is 1. The van der Waals surface area contributed by atoms with Crippen molar-refractivity contribution in [1.82, 2.24) is 9.29 Å². The molecule has 1 heterocycles. The average Bonchev–Trinajstić information content (AvgIpc) is 2.89. The molecule has 0 bridgehead atoms. The second-order valence-corrected chi connectivity index (χ2v) is 12.8. The molecule has 0 fully saturated rings. The first-order chi connectivity index (χ1) is 18.9. The van der Waals surface area contributed by atoms with Crippen molar-refractivity contribution in [2.45, 2.75) is 37.5 Å². The molecule has 0 aliphatic carbocycles. The third-order valence-corrected chi connectivity index (χ3v) is 9.04. The number of rotatable bonds is 11. The number of carboxylic acids is 1. The van der Waals surface area contributed by atoms with Crippen LogP contribution in [0.4, 0.5) is 0 Å². The summed E-state index contributed by atoms with van der Waals surface area (Å²) in [5, 5.41) is 9.93. The molecule has 0 saturated carbocycles. The molecule has 0 unspecified atom stereocenters. The van der Waals surface area contributed by atoms with Gasteiger partial charge in [0.2, 0.25) is 0 Å². The standard InChI is InChI=1S/C28H28N2O8S2/c1-19-13-15-21(16-14-19)40(37,38)30(17-5-12-25(31)32)28(33)27-22-9-2-3-10-23(22)29-24-11-4-7-20(26(24)27)8-6-18-39(34,35)36/h2-4,7,9-11,13-16H,5-6,8,12,17-18H2,1H3,(H,31,32)(H,34,35,36). The summed E-state index contributed by atoms with van der Waals surface area (Å²) in [6, 6.07) is 17.9. The predicted octanol–water partition coefficient (Wildman–Crippen LogP) is 4.21. The fourth-order valence-electron chi connectivity index (χ4n) is 4.56. The molecule has 0 saturated heterocycles. The Morgan fingerprint density at radius 1 is 0.875 bits per heavy atom. The molecule has 4 rings (SSSR count). The molecule has 0 spiro atoms. The van der Waals surface area contributed by atoms with E-state index in [0.29, 0.717) is 31.7 Å². The van der Waals surface area contributed by atoms with Crippen molar-refractivity contribution in [2.75, 3.05) is 12.3 Å². The Bertz CT molecular complexity index is 1800. The summed E-state index contributed by atoms with van der Waals surface area (Å²) in [6.45, 7) is 1.43. The highest BCUT2D eigenvalue weighted by molar-refractivity contribution is 7.89. The quantitative estimate of drug-likeness (QED) is 0.194. The highest BCUT2D eigenvalue weighted by Gasteiger charge is 2.33. The molecule has 2 N–H and O–H groups in total. The van der Waals surface area contributed by atoms with Gasteiger partial charge in [-0.3, -0.25) is 14.1 Å². The Morgan fingerprint density at radius 2 is 1.55 bits per heavy atom. The van der Waals surface area contributed by atoms with Crippen LogP contribution in [0.2, 0.25) is 0 Å². The van der Waals surface area contributed by atoms with Crippen molar-refractivity contribution < 1.29 is 36.1 Å². The van der Waals surface area contributed by atoms with Crippen LogP contribution in [0.3, 0.4) is 0 Å². The summed E-state index contributed by atoms with van der Waals surface area (Å²) in [5.41, 5.74) is 2.30. The first-order valence-corrected chi connectivity index (χ1v) is 15.5. The lowest BCUT2D eigenvalue weighted by atomic mass is 9.95. The van der Waals surface area contributed by atoms with Gasteiger partial charge in [-0.2, -0.15) is 8.42 Å². The van der Waals surface area contributed by atoms with E-state index in [1.807, 2.05) is 0 Å². The van der Waals surface area contributed by atoms with Crippen LogP contribution < -0.4 is 0 Å². The van der Waals surface area contributed by atoms with Crippen LogP contribution in [0.1, 0.15) is 40.7 Å². The molecule has 1 aromatic heterocycles. The average molecular weight is 585 g/mol. The number of aliphatic carboxylic acids is 1. The maximum Gasteiger partial charge on any atom is 0.303 e. The van der Waals surface area contributed by atoms with E-state index in [2.05, 4.69) is 4.98 Å². The summed E-state index contributed by atoms with van der Waals surface area (Å²) in [4.78, 5) is 30.1. The number of aromatic nitrogens is 1. The number of benzene rings is 3. The van der Waals surface area contributed by atoms with Gasteiger partial charge in [0, 0.05) is 23.7 Å². The van der Waals surface area contributed by atoms with Gasteiger partial charge in [-0.15, -0.1) is 0 Å². The van der Waals surface area contributed by atoms with Crippen molar-refractivity contribution in [3.8, 4) is 0 Å². The fourth-order valence-corrected chi connectivity index (χ4v) is 6.48. The van der Waals surface area contributed by atoms with Crippen LogP contribution in [0.5, 0.6) is 0 Å². The number of carbonyl (C=O) groups excluding carboxylic acids is 1. The molecule has 210 valence electrons. The first-order valence-electron chi connectivity index (χ1n) is 12.5. The lowest BCUT2D eigenvalue weighted by Gasteiger charge is -2.24. The number of pyridine rings is 1. The van der Waals surface area contributed by atoms with Gasteiger partial charge in [-0.05, 0) is 56.0 Å². The van der Waals surface area contributed by atoms with Crippen molar-refractivity contribution in [2.24, 2.45) is 0 Å². The molecule has 40 heavy (non-hydrogen) atoms. The Balaban J connectivity index is 1.93. The number of aryl methyl sites for hydroxylation is 2. The zero-order chi connectivity index (χ0) is 29.1. The smallest absolute Gasteiger partial charge is 0.303 e. The van der Waals surface area contributed by atoms with E-state index in [9.17, 15) is 31.0 Å². The second-order valence-electron chi connectivity index (χ2n) is 9.40. The molecule has 3 aromatic carbocycles. The minimum Gasteiger partial charge on any atom is -0.481 e. The minimum atomic E-state index is -4.39. The normalized spacial score (nSPS) is 12.1. The van der Waals surface area contributed by atoms with Gasteiger partial charge in [0.25, 0.3) is 26.0 Å². The largest absolute Gasteiger partial charge is 0.481 e. The topological polar surface area (TPSA) is 159 Å². The van der Waals surface area contributed by atoms with Crippen LogP contribution >= 0.6 is 0 Å². The van der Waals surface area contributed by atoms with Gasteiger partial charge >= 0.3 is 5.97 Å². The molecule has 0 radical (unpaired) electrons. The van der Waals surface area contributed by atoms with E-state index >= 15 is 0 Å². The Hall–Kier alpha value is -3.87. The molecule has 12 heteroatoms. The minimum absolute atomic E-state index is 0.0579. The Labute approximate surface area is 232 Å². The first kappa shape index (κ1) is 29.1.